The highest BCUT2D eigenvalue weighted by Gasteiger charge is 2.03. The van der Waals surface area contributed by atoms with E-state index < -0.39 is 0 Å². The summed E-state index contributed by atoms with van der Waals surface area (Å²) in [6, 6.07) is 16.9. The predicted octanol–water partition coefficient (Wildman–Crippen LogP) is 4.85. The van der Waals surface area contributed by atoms with Crippen molar-refractivity contribution in [2.45, 2.75) is 46.2 Å². The van der Waals surface area contributed by atoms with Gasteiger partial charge < -0.3 is 10.1 Å². The number of hydrogen-bond acceptors (Lipinski definition) is 2. The maximum Gasteiger partial charge on any atom is 0.123 e. The van der Waals surface area contributed by atoms with Crippen LogP contribution in [0.1, 0.15) is 42.9 Å². The Labute approximate surface area is 134 Å². The fraction of sp³-hybridized carbons (Fsp3) is 0.400. The number of rotatable bonds is 9. The zero-order chi connectivity index (χ0) is 15.6. The number of nitrogens with one attached hydrogen (secondary N) is 1. The highest BCUT2D eigenvalue weighted by Crippen LogP contribution is 2.18. The van der Waals surface area contributed by atoms with Gasteiger partial charge in [0.1, 0.15) is 5.75 Å². The molecule has 0 amide bonds. The molecule has 0 radical (unpaired) electrons. The van der Waals surface area contributed by atoms with Crippen molar-refractivity contribution < 1.29 is 4.74 Å². The van der Waals surface area contributed by atoms with Crippen molar-refractivity contribution in [3.63, 3.8) is 0 Å². The molecule has 0 unspecified atom stereocenters. The van der Waals surface area contributed by atoms with Gasteiger partial charge in [-0.3, -0.25) is 0 Å². The number of benzene rings is 2. The standard InChI is InChI=1S/C20H27NO/c1-3-4-7-13-22-20-12-6-5-11-19(20)16-21-15-18-10-8-9-17(2)14-18/h5-6,8-12,14,21H,3-4,7,13,15-16H2,1-2H3. The van der Waals surface area contributed by atoms with Crippen LogP contribution >= 0.6 is 0 Å². The van der Waals surface area contributed by atoms with Gasteiger partial charge in [-0.05, 0) is 25.0 Å². The molecule has 0 saturated carbocycles. The minimum atomic E-state index is 0.808. The third-order valence-electron chi connectivity index (χ3n) is 3.71. The molecule has 118 valence electrons. The second-order valence-corrected chi connectivity index (χ2v) is 5.76. The van der Waals surface area contributed by atoms with Crippen LogP contribution in [0.3, 0.4) is 0 Å². The molecular formula is C20H27NO. The van der Waals surface area contributed by atoms with E-state index in [1.165, 1.54) is 29.5 Å². The highest BCUT2D eigenvalue weighted by atomic mass is 16.5. The lowest BCUT2D eigenvalue weighted by molar-refractivity contribution is 0.302. The summed E-state index contributed by atoms with van der Waals surface area (Å²) in [5, 5.41) is 3.51. The van der Waals surface area contributed by atoms with Crippen LogP contribution in [0.5, 0.6) is 5.75 Å². The molecule has 0 aliphatic carbocycles. The highest BCUT2D eigenvalue weighted by molar-refractivity contribution is 5.33. The molecule has 2 aromatic carbocycles. The van der Waals surface area contributed by atoms with Crippen LogP contribution in [-0.4, -0.2) is 6.61 Å². The van der Waals surface area contributed by atoms with Gasteiger partial charge in [0.25, 0.3) is 0 Å². The molecule has 2 rings (SSSR count). The second kappa shape index (κ2) is 9.26. The smallest absolute Gasteiger partial charge is 0.123 e. The van der Waals surface area contributed by atoms with E-state index in [0.29, 0.717) is 0 Å². The average Bonchev–Trinajstić information content (AvgIpc) is 2.53. The Morgan fingerprint density at radius 2 is 1.82 bits per heavy atom. The minimum absolute atomic E-state index is 0.808. The van der Waals surface area contributed by atoms with Gasteiger partial charge >= 0.3 is 0 Å². The van der Waals surface area contributed by atoms with Crippen molar-refractivity contribution in [2.24, 2.45) is 0 Å². The van der Waals surface area contributed by atoms with Gasteiger partial charge in [0.2, 0.25) is 0 Å². The molecule has 2 aromatic rings. The zero-order valence-electron chi connectivity index (χ0n) is 13.8. The normalized spacial score (nSPS) is 10.6. The first-order chi connectivity index (χ1) is 10.8. The summed E-state index contributed by atoms with van der Waals surface area (Å²) in [7, 11) is 0. The van der Waals surface area contributed by atoms with Crippen LogP contribution in [0.15, 0.2) is 48.5 Å². The number of para-hydroxylation sites is 1. The maximum atomic E-state index is 5.92. The Balaban J connectivity index is 1.84. The van der Waals surface area contributed by atoms with Crippen LogP contribution in [-0.2, 0) is 13.1 Å². The molecule has 0 spiro atoms. The summed E-state index contributed by atoms with van der Waals surface area (Å²) in [6.45, 7) is 6.86. The van der Waals surface area contributed by atoms with Crippen LogP contribution < -0.4 is 10.1 Å². The van der Waals surface area contributed by atoms with Gasteiger partial charge in [-0.2, -0.15) is 0 Å². The third kappa shape index (κ3) is 5.53. The monoisotopic (exact) mass is 297 g/mol. The predicted molar refractivity (Wildman–Crippen MR) is 93.2 cm³/mol. The SMILES string of the molecule is CCCCCOc1ccccc1CNCc1cccc(C)c1. The Morgan fingerprint density at radius 3 is 2.64 bits per heavy atom. The summed E-state index contributed by atoms with van der Waals surface area (Å²) < 4.78 is 5.92. The van der Waals surface area contributed by atoms with E-state index >= 15 is 0 Å². The fourth-order valence-corrected chi connectivity index (χ4v) is 2.49. The summed E-state index contributed by atoms with van der Waals surface area (Å²) in [5.41, 5.74) is 3.85. The Kier molecular flexibility index (Phi) is 6.98. The first kappa shape index (κ1) is 16.6. The van der Waals surface area contributed by atoms with E-state index in [1.54, 1.807) is 0 Å². The van der Waals surface area contributed by atoms with Crippen molar-refractivity contribution in [1.82, 2.24) is 5.32 Å². The summed E-state index contributed by atoms with van der Waals surface area (Å²) >= 11 is 0. The molecule has 1 N–H and O–H groups in total. The molecule has 0 aromatic heterocycles. The van der Waals surface area contributed by atoms with Gasteiger partial charge in [0.15, 0.2) is 0 Å². The van der Waals surface area contributed by atoms with E-state index in [-0.39, 0.29) is 0 Å². The Morgan fingerprint density at radius 1 is 0.955 bits per heavy atom. The molecule has 0 aliphatic rings. The number of ether oxygens (including phenoxy) is 1. The van der Waals surface area contributed by atoms with Crippen LogP contribution in [0.4, 0.5) is 0 Å². The maximum absolute atomic E-state index is 5.92. The van der Waals surface area contributed by atoms with Crippen molar-refractivity contribution in [3.05, 3.63) is 65.2 Å². The van der Waals surface area contributed by atoms with Gasteiger partial charge in [-0.25, -0.2) is 0 Å². The van der Waals surface area contributed by atoms with Crippen molar-refractivity contribution in [3.8, 4) is 5.75 Å². The van der Waals surface area contributed by atoms with E-state index in [2.05, 4.69) is 61.6 Å². The molecule has 0 atom stereocenters. The topological polar surface area (TPSA) is 21.3 Å². The number of unbranched alkanes of at least 4 members (excludes halogenated alkanes) is 2. The van der Waals surface area contributed by atoms with Crippen molar-refractivity contribution in [2.75, 3.05) is 6.61 Å². The Hall–Kier alpha value is -1.80. The number of hydrogen-bond donors (Lipinski definition) is 1. The molecule has 0 fully saturated rings. The molecule has 22 heavy (non-hydrogen) atoms. The minimum Gasteiger partial charge on any atom is -0.493 e. The molecule has 0 aliphatic heterocycles. The summed E-state index contributed by atoms with van der Waals surface area (Å²) in [4.78, 5) is 0. The molecule has 0 saturated heterocycles. The Bertz CT molecular complexity index is 565. The molecule has 2 nitrogen and oxygen atoms in total. The quantitative estimate of drug-likeness (QED) is 0.668. The van der Waals surface area contributed by atoms with Crippen LogP contribution in [0, 0.1) is 6.92 Å². The fourth-order valence-electron chi connectivity index (χ4n) is 2.49. The summed E-state index contributed by atoms with van der Waals surface area (Å²) in [6.07, 6.45) is 3.58. The lowest BCUT2D eigenvalue weighted by atomic mass is 10.1. The zero-order valence-corrected chi connectivity index (χ0v) is 13.8. The number of aryl methyl sites for hydroxylation is 1. The van der Waals surface area contributed by atoms with Crippen molar-refractivity contribution in [1.29, 1.82) is 0 Å². The third-order valence-corrected chi connectivity index (χ3v) is 3.71. The van der Waals surface area contributed by atoms with E-state index in [4.69, 9.17) is 4.74 Å². The van der Waals surface area contributed by atoms with Crippen LogP contribution in [0.2, 0.25) is 0 Å². The lowest BCUT2D eigenvalue weighted by Gasteiger charge is -2.12. The molecule has 2 heteroatoms. The average molecular weight is 297 g/mol. The molecular weight excluding hydrogens is 270 g/mol. The van der Waals surface area contributed by atoms with Gasteiger partial charge in [0, 0.05) is 18.7 Å². The molecule has 0 heterocycles. The van der Waals surface area contributed by atoms with E-state index in [0.717, 1.165) is 31.9 Å². The largest absolute Gasteiger partial charge is 0.493 e. The van der Waals surface area contributed by atoms with E-state index in [9.17, 15) is 0 Å². The van der Waals surface area contributed by atoms with Gasteiger partial charge in [0.05, 0.1) is 6.61 Å². The van der Waals surface area contributed by atoms with Crippen molar-refractivity contribution >= 4 is 0 Å². The van der Waals surface area contributed by atoms with E-state index in [1.807, 2.05) is 6.07 Å². The second-order valence-electron chi connectivity index (χ2n) is 5.76. The van der Waals surface area contributed by atoms with Gasteiger partial charge in [-0.1, -0.05) is 67.8 Å². The van der Waals surface area contributed by atoms with Crippen LogP contribution in [0.25, 0.3) is 0 Å². The lowest BCUT2D eigenvalue weighted by Crippen LogP contribution is -2.14. The first-order valence-electron chi connectivity index (χ1n) is 8.26. The van der Waals surface area contributed by atoms with Gasteiger partial charge in [-0.15, -0.1) is 0 Å². The first-order valence-corrected chi connectivity index (χ1v) is 8.26. The molecule has 0 bridgehead atoms. The summed E-state index contributed by atoms with van der Waals surface area (Å²) in [5.74, 6) is 1.01.